The number of hydrogen-bond donors (Lipinski definition) is 4. The van der Waals surface area contributed by atoms with Crippen molar-refractivity contribution in [2.45, 2.75) is 37.6 Å². The monoisotopic (exact) mass is 505 g/mol. The Kier molecular flexibility index (Phi) is 6.82. The molecule has 10 heteroatoms. The van der Waals surface area contributed by atoms with Crippen LogP contribution in [0, 0.1) is 23.1 Å². The SMILES string of the molecule is COc1cccc2[nH]c(C(O)N3CCc4cc(F)ccc4[C@H]3C(=O)N[C@H](C#N)C[C@@H]3CCNC3=O)cc12. The second-order valence-corrected chi connectivity index (χ2v) is 9.46. The minimum absolute atomic E-state index is 0.126. The molecule has 4 N–H and O–H groups in total. The summed E-state index contributed by atoms with van der Waals surface area (Å²) in [5.74, 6) is -0.726. The van der Waals surface area contributed by atoms with E-state index in [0.29, 0.717) is 42.0 Å². The first kappa shape index (κ1) is 24.7. The third-order valence-electron chi connectivity index (χ3n) is 7.23. The van der Waals surface area contributed by atoms with Crippen molar-refractivity contribution in [3.8, 4) is 11.8 Å². The van der Waals surface area contributed by atoms with Gasteiger partial charge in [0.05, 0.1) is 18.9 Å². The van der Waals surface area contributed by atoms with E-state index in [4.69, 9.17) is 4.74 Å². The van der Waals surface area contributed by atoms with Gasteiger partial charge in [-0.2, -0.15) is 5.26 Å². The molecule has 1 saturated heterocycles. The van der Waals surface area contributed by atoms with Crippen LogP contribution >= 0.6 is 0 Å². The summed E-state index contributed by atoms with van der Waals surface area (Å²) in [6.45, 7) is 0.830. The molecule has 192 valence electrons. The number of hydrogen-bond acceptors (Lipinski definition) is 6. The fraction of sp³-hybridized carbons (Fsp3) is 0.370. The van der Waals surface area contributed by atoms with Gasteiger partial charge in [0.2, 0.25) is 11.8 Å². The van der Waals surface area contributed by atoms with E-state index in [9.17, 15) is 24.3 Å². The van der Waals surface area contributed by atoms with Gasteiger partial charge in [0.25, 0.3) is 0 Å². The van der Waals surface area contributed by atoms with Crippen molar-refractivity contribution in [3.05, 3.63) is 65.1 Å². The van der Waals surface area contributed by atoms with Gasteiger partial charge < -0.3 is 25.5 Å². The lowest BCUT2D eigenvalue weighted by Gasteiger charge is -2.39. The van der Waals surface area contributed by atoms with Crippen LogP contribution in [0.1, 0.15) is 41.9 Å². The van der Waals surface area contributed by atoms with E-state index in [1.807, 2.05) is 18.2 Å². The largest absolute Gasteiger partial charge is 0.496 e. The predicted molar refractivity (Wildman–Crippen MR) is 133 cm³/mol. The highest BCUT2D eigenvalue weighted by molar-refractivity contribution is 5.87. The van der Waals surface area contributed by atoms with Gasteiger partial charge in [0.1, 0.15) is 29.9 Å². The maximum atomic E-state index is 14.0. The van der Waals surface area contributed by atoms with E-state index in [-0.39, 0.29) is 24.8 Å². The van der Waals surface area contributed by atoms with Gasteiger partial charge in [-0.3, -0.25) is 14.5 Å². The summed E-state index contributed by atoms with van der Waals surface area (Å²) < 4.78 is 19.4. The predicted octanol–water partition coefficient (Wildman–Crippen LogP) is 2.44. The van der Waals surface area contributed by atoms with Crippen molar-refractivity contribution in [2.24, 2.45) is 5.92 Å². The molecule has 2 aromatic carbocycles. The van der Waals surface area contributed by atoms with Crippen LogP contribution in [0.25, 0.3) is 10.9 Å². The lowest BCUT2D eigenvalue weighted by Crippen LogP contribution is -2.48. The zero-order valence-corrected chi connectivity index (χ0v) is 20.3. The Balaban J connectivity index is 1.46. The first-order chi connectivity index (χ1) is 17.9. The summed E-state index contributed by atoms with van der Waals surface area (Å²) in [5.41, 5.74) is 2.48. The first-order valence-electron chi connectivity index (χ1n) is 12.2. The van der Waals surface area contributed by atoms with Gasteiger partial charge in [-0.25, -0.2) is 4.39 Å². The lowest BCUT2D eigenvalue weighted by atomic mass is 9.90. The number of nitrogens with one attached hydrogen (secondary N) is 3. The summed E-state index contributed by atoms with van der Waals surface area (Å²) >= 11 is 0. The van der Waals surface area contributed by atoms with Crippen molar-refractivity contribution in [1.29, 1.82) is 5.26 Å². The number of carbonyl (C=O) groups is 2. The normalized spacial score (nSPS) is 21.1. The quantitative estimate of drug-likeness (QED) is 0.390. The molecule has 5 rings (SSSR count). The van der Waals surface area contributed by atoms with Crippen molar-refractivity contribution in [3.63, 3.8) is 0 Å². The number of carbonyl (C=O) groups excluding carboxylic acids is 2. The van der Waals surface area contributed by atoms with Crippen molar-refractivity contribution < 1.29 is 23.8 Å². The van der Waals surface area contributed by atoms with Crippen LogP contribution in [-0.2, 0) is 16.0 Å². The molecule has 0 bridgehead atoms. The third-order valence-corrected chi connectivity index (χ3v) is 7.23. The highest BCUT2D eigenvalue weighted by Crippen LogP contribution is 2.37. The van der Waals surface area contributed by atoms with Crippen LogP contribution in [-0.4, -0.2) is 53.0 Å². The molecule has 37 heavy (non-hydrogen) atoms. The molecule has 3 aromatic rings. The van der Waals surface area contributed by atoms with Gasteiger partial charge in [-0.1, -0.05) is 12.1 Å². The van der Waals surface area contributed by atoms with Gasteiger partial charge >= 0.3 is 0 Å². The van der Waals surface area contributed by atoms with E-state index in [1.165, 1.54) is 12.1 Å². The second kappa shape index (κ2) is 10.2. The highest BCUT2D eigenvalue weighted by atomic mass is 19.1. The summed E-state index contributed by atoms with van der Waals surface area (Å²) in [7, 11) is 1.57. The number of aliphatic hydroxyl groups excluding tert-OH is 1. The molecular formula is C27H28FN5O4. The number of amides is 2. The number of fused-ring (bicyclic) bond motifs is 2. The topological polar surface area (TPSA) is 130 Å². The molecule has 2 aliphatic rings. The lowest BCUT2D eigenvalue weighted by molar-refractivity contribution is -0.134. The molecule has 3 heterocycles. The van der Waals surface area contributed by atoms with E-state index < -0.39 is 30.0 Å². The Morgan fingerprint density at radius 2 is 2.19 bits per heavy atom. The minimum atomic E-state index is -1.19. The minimum Gasteiger partial charge on any atom is -0.496 e. The third kappa shape index (κ3) is 4.75. The van der Waals surface area contributed by atoms with E-state index in [1.54, 1.807) is 24.1 Å². The Morgan fingerprint density at radius 1 is 1.35 bits per heavy atom. The molecule has 2 amide bonds. The molecule has 0 radical (unpaired) electrons. The molecule has 1 aromatic heterocycles. The standard InChI is InChI=1S/C27H28FN5O4/c1-37-23-4-2-3-21-20(23)13-22(32-21)27(36)33-10-8-15-11-17(28)5-6-19(15)24(33)26(35)31-18(14-29)12-16-7-9-30-25(16)34/h2-6,11,13,16,18,24,27,32,36H,7-10,12H2,1H3,(H,30,34)(H,31,35)/t16-,18-,24-,27?/m0/s1. The van der Waals surface area contributed by atoms with Crippen LogP contribution < -0.4 is 15.4 Å². The maximum absolute atomic E-state index is 14.0. The van der Waals surface area contributed by atoms with E-state index in [2.05, 4.69) is 21.7 Å². The average molecular weight is 506 g/mol. The highest BCUT2D eigenvalue weighted by Gasteiger charge is 2.39. The molecule has 1 fully saturated rings. The molecule has 1 unspecified atom stereocenters. The molecule has 4 atom stereocenters. The van der Waals surface area contributed by atoms with Crippen molar-refractivity contribution in [1.82, 2.24) is 20.5 Å². The number of halogens is 1. The summed E-state index contributed by atoms with van der Waals surface area (Å²) in [4.78, 5) is 30.5. The van der Waals surface area contributed by atoms with Gasteiger partial charge in [0.15, 0.2) is 0 Å². The molecule has 9 nitrogen and oxygen atoms in total. The summed E-state index contributed by atoms with van der Waals surface area (Å²) in [6.07, 6.45) is 0.0443. The fourth-order valence-electron chi connectivity index (χ4n) is 5.36. The van der Waals surface area contributed by atoms with Crippen molar-refractivity contribution >= 4 is 22.7 Å². The zero-order chi connectivity index (χ0) is 26.1. The van der Waals surface area contributed by atoms with Crippen LogP contribution in [0.15, 0.2) is 42.5 Å². The van der Waals surface area contributed by atoms with Crippen molar-refractivity contribution in [2.75, 3.05) is 20.2 Å². The molecule has 0 saturated carbocycles. The maximum Gasteiger partial charge on any atom is 0.243 e. The number of aromatic amines is 1. The van der Waals surface area contributed by atoms with Crippen LogP contribution in [0.2, 0.25) is 0 Å². The van der Waals surface area contributed by atoms with Crippen LogP contribution in [0.4, 0.5) is 4.39 Å². The Hall–Kier alpha value is -3.94. The number of ether oxygens (including phenoxy) is 1. The molecule has 2 aliphatic heterocycles. The molecule has 0 spiro atoms. The second-order valence-electron chi connectivity index (χ2n) is 9.46. The molecule has 0 aliphatic carbocycles. The van der Waals surface area contributed by atoms with E-state index in [0.717, 1.165) is 10.9 Å². The zero-order valence-electron chi connectivity index (χ0n) is 20.3. The van der Waals surface area contributed by atoms with E-state index >= 15 is 0 Å². The number of aromatic nitrogens is 1. The molecular weight excluding hydrogens is 477 g/mol. The average Bonchev–Trinajstić information content (AvgIpc) is 3.52. The number of nitriles is 1. The number of rotatable bonds is 7. The summed E-state index contributed by atoms with van der Waals surface area (Å²) in [6, 6.07) is 11.8. The fourth-order valence-corrected chi connectivity index (χ4v) is 5.36. The van der Waals surface area contributed by atoms with Gasteiger partial charge in [-0.15, -0.1) is 0 Å². The first-order valence-corrected chi connectivity index (χ1v) is 12.2. The number of benzene rings is 2. The Morgan fingerprint density at radius 3 is 2.92 bits per heavy atom. The Labute approximate surface area is 213 Å². The van der Waals surface area contributed by atoms with Crippen LogP contribution in [0.5, 0.6) is 5.75 Å². The number of methoxy groups -OCH3 is 1. The number of H-pyrrole nitrogens is 1. The number of nitrogens with zero attached hydrogens (tertiary/aromatic N) is 2. The smallest absolute Gasteiger partial charge is 0.243 e. The van der Waals surface area contributed by atoms with Crippen LogP contribution in [0.3, 0.4) is 0 Å². The summed E-state index contributed by atoms with van der Waals surface area (Å²) in [5, 5.41) is 27.5. The number of aliphatic hydroxyl groups is 1. The van der Waals surface area contributed by atoms with Gasteiger partial charge in [0, 0.05) is 29.9 Å². The van der Waals surface area contributed by atoms with Gasteiger partial charge in [-0.05, 0) is 60.7 Å². The Bertz CT molecular complexity index is 1380.